The number of amidine groups is 1. The van der Waals surface area contributed by atoms with Crippen LogP contribution in [-0.4, -0.2) is 67.0 Å². The van der Waals surface area contributed by atoms with Crippen LogP contribution in [0.4, 0.5) is 14.5 Å². The molecule has 1 amide bonds. The van der Waals surface area contributed by atoms with Gasteiger partial charge in [0.15, 0.2) is 11.5 Å². The summed E-state index contributed by atoms with van der Waals surface area (Å²) in [6, 6.07) is 9.49. The van der Waals surface area contributed by atoms with E-state index in [2.05, 4.69) is 4.98 Å². The average molecular weight is 544 g/mol. The van der Waals surface area contributed by atoms with Gasteiger partial charge in [-0.25, -0.2) is 0 Å². The second-order valence-electron chi connectivity index (χ2n) is 8.39. The maximum atomic E-state index is 15.6. The Morgan fingerprint density at radius 3 is 2.31 bits per heavy atom. The Morgan fingerprint density at radius 1 is 1.03 bits per heavy atom. The van der Waals surface area contributed by atoms with Crippen molar-refractivity contribution in [2.24, 2.45) is 5.73 Å². The van der Waals surface area contributed by atoms with Crippen LogP contribution in [0.15, 0.2) is 42.5 Å². The summed E-state index contributed by atoms with van der Waals surface area (Å²) in [5, 5.41) is 17.8. The van der Waals surface area contributed by atoms with Crippen molar-refractivity contribution < 1.29 is 37.7 Å². The molecule has 0 fully saturated rings. The second-order valence-corrected chi connectivity index (χ2v) is 8.39. The highest BCUT2D eigenvalue weighted by Gasteiger charge is 2.28. The number of phenols is 1. The molecule has 0 spiro atoms. The lowest BCUT2D eigenvalue weighted by Crippen LogP contribution is -2.29. The number of nitrogens with zero attached hydrogens (tertiary/aromatic N) is 3. The SMILES string of the molecule is CCOC(=O)CN(C)c1c(F)c(Oc2cccc(C(=O)N(C)C)c2)nc(Oc2cc(C(=N)N)ccc2O)c1F. The fourth-order valence-electron chi connectivity index (χ4n) is 3.37. The van der Waals surface area contributed by atoms with Gasteiger partial charge in [0.05, 0.1) is 6.61 Å². The highest BCUT2D eigenvalue weighted by Crippen LogP contribution is 2.39. The molecule has 1 aromatic heterocycles. The van der Waals surface area contributed by atoms with Crippen molar-refractivity contribution in [3.8, 4) is 29.0 Å². The average Bonchev–Trinajstić information content (AvgIpc) is 2.87. The van der Waals surface area contributed by atoms with Gasteiger partial charge in [0.2, 0.25) is 11.6 Å². The Bertz CT molecular complexity index is 1420. The van der Waals surface area contributed by atoms with E-state index >= 15 is 8.78 Å². The number of likely N-dealkylation sites (N-methyl/N-ethyl adjacent to an activating group) is 1. The van der Waals surface area contributed by atoms with Gasteiger partial charge in [-0.05, 0) is 43.3 Å². The number of phenolic OH excluding ortho intramolecular Hbond substituents is 1. The zero-order valence-corrected chi connectivity index (χ0v) is 21.6. The molecule has 0 bridgehead atoms. The number of pyridine rings is 1. The number of aromatic hydroxyl groups is 1. The molecule has 0 radical (unpaired) electrons. The van der Waals surface area contributed by atoms with Crippen molar-refractivity contribution in [1.29, 1.82) is 5.41 Å². The number of ether oxygens (including phenoxy) is 3. The van der Waals surface area contributed by atoms with Crippen molar-refractivity contribution in [2.75, 3.05) is 39.2 Å². The molecule has 0 unspecified atom stereocenters. The number of hydrogen-bond donors (Lipinski definition) is 3. The highest BCUT2D eigenvalue weighted by molar-refractivity contribution is 5.95. The number of esters is 1. The summed E-state index contributed by atoms with van der Waals surface area (Å²) in [5.41, 5.74) is 5.15. The van der Waals surface area contributed by atoms with Crippen molar-refractivity contribution in [1.82, 2.24) is 9.88 Å². The van der Waals surface area contributed by atoms with E-state index in [0.717, 1.165) is 4.90 Å². The quantitative estimate of drug-likeness (QED) is 0.198. The maximum Gasteiger partial charge on any atom is 0.325 e. The van der Waals surface area contributed by atoms with Crippen LogP contribution in [0.3, 0.4) is 0 Å². The molecule has 0 saturated heterocycles. The van der Waals surface area contributed by atoms with Gasteiger partial charge >= 0.3 is 5.97 Å². The molecule has 39 heavy (non-hydrogen) atoms. The normalized spacial score (nSPS) is 10.5. The van der Waals surface area contributed by atoms with E-state index in [-0.39, 0.29) is 41.0 Å². The number of halogens is 2. The summed E-state index contributed by atoms with van der Waals surface area (Å²) in [7, 11) is 4.36. The van der Waals surface area contributed by atoms with Crippen LogP contribution < -0.4 is 20.1 Å². The van der Waals surface area contributed by atoms with Gasteiger partial charge < -0.3 is 34.9 Å². The predicted molar refractivity (Wildman–Crippen MR) is 138 cm³/mol. The molecule has 4 N–H and O–H groups in total. The minimum atomic E-state index is -1.31. The summed E-state index contributed by atoms with van der Waals surface area (Å²) < 4.78 is 47.1. The lowest BCUT2D eigenvalue weighted by molar-refractivity contribution is -0.141. The number of hydrogen-bond acceptors (Lipinski definition) is 9. The molecule has 0 aliphatic heterocycles. The zero-order valence-electron chi connectivity index (χ0n) is 21.6. The molecule has 206 valence electrons. The Labute approximate surface area is 222 Å². The van der Waals surface area contributed by atoms with E-state index in [1.165, 1.54) is 54.4 Å². The van der Waals surface area contributed by atoms with Gasteiger partial charge in [0.1, 0.15) is 23.8 Å². The number of anilines is 1. The fourth-order valence-corrected chi connectivity index (χ4v) is 3.37. The molecular formula is C26H27F2N5O6. The standard InChI is InChI=1S/C26H27F2N5O6/c1-5-37-19(35)13-33(4)22-20(27)24(38-16-8-6-7-15(11-16)26(36)32(2)3)31-25(21(22)28)39-18-12-14(23(29)30)9-10-17(18)34/h6-12,34H,5,13H2,1-4H3,(H3,29,30). The van der Waals surface area contributed by atoms with Gasteiger partial charge in [-0.1, -0.05) is 6.07 Å². The number of amides is 1. The molecule has 0 aliphatic rings. The summed E-state index contributed by atoms with van der Waals surface area (Å²) in [6.07, 6.45) is 0. The van der Waals surface area contributed by atoms with Crippen LogP contribution in [0.5, 0.6) is 29.0 Å². The zero-order chi connectivity index (χ0) is 28.9. The number of carbonyl (C=O) groups is 2. The molecule has 0 atom stereocenters. The van der Waals surface area contributed by atoms with Crippen molar-refractivity contribution in [3.63, 3.8) is 0 Å². The third kappa shape index (κ3) is 6.69. The number of nitrogens with one attached hydrogen (secondary N) is 1. The minimum absolute atomic E-state index is 0.00655. The first-order valence-electron chi connectivity index (χ1n) is 11.5. The monoisotopic (exact) mass is 543 g/mol. The largest absolute Gasteiger partial charge is 0.504 e. The van der Waals surface area contributed by atoms with Crippen LogP contribution in [0, 0.1) is 17.0 Å². The predicted octanol–water partition coefficient (Wildman–Crippen LogP) is 3.64. The molecule has 0 saturated carbocycles. The Kier molecular flexibility index (Phi) is 8.86. The molecule has 11 nitrogen and oxygen atoms in total. The van der Waals surface area contributed by atoms with Crippen molar-refractivity contribution in [3.05, 3.63) is 65.2 Å². The summed E-state index contributed by atoms with van der Waals surface area (Å²) in [5.74, 6) is -6.33. The first-order chi connectivity index (χ1) is 18.4. The number of aromatic nitrogens is 1. The minimum Gasteiger partial charge on any atom is -0.504 e. The van der Waals surface area contributed by atoms with Crippen molar-refractivity contribution >= 4 is 23.4 Å². The van der Waals surface area contributed by atoms with E-state index < -0.39 is 47.3 Å². The summed E-state index contributed by atoms with van der Waals surface area (Å²) in [6.45, 7) is 1.12. The number of carbonyl (C=O) groups excluding carboxylic acids is 2. The van der Waals surface area contributed by atoms with Crippen LogP contribution in [-0.2, 0) is 9.53 Å². The lowest BCUT2D eigenvalue weighted by atomic mass is 10.2. The van der Waals surface area contributed by atoms with Gasteiger partial charge in [-0.2, -0.15) is 13.8 Å². The van der Waals surface area contributed by atoms with E-state index in [1.807, 2.05) is 0 Å². The first kappa shape index (κ1) is 28.6. The van der Waals surface area contributed by atoms with Crippen molar-refractivity contribution in [2.45, 2.75) is 6.92 Å². The highest BCUT2D eigenvalue weighted by atomic mass is 19.1. The Morgan fingerprint density at radius 2 is 1.69 bits per heavy atom. The van der Waals surface area contributed by atoms with Crippen LogP contribution in [0.2, 0.25) is 0 Å². The van der Waals surface area contributed by atoms with Crippen LogP contribution >= 0.6 is 0 Å². The fraction of sp³-hybridized carbons (Fsp3) is 0.231. The Hall–Kier alpha value is -4.94. The molecule has 3 aromatic rings. The van der Waals surface area contributed by atoms with Gasteiger partial charge in [-0.3, -0.25) is 15.0 Å². The molecule has 1 heterocycles. The van der Waals surface area contributed by atoms with E-state index in [4.69, 9.17) is 25.4 Å². The van der Waals surface area contributed by atoms with E-state index in [9.17, 15) is 14.7 Å². The molecular weight excluding hydrogens is 516 g/mol. The summed E-state index contributed by atoms with van der Waals surface area (Å²) in [4.78, 5) is 30.5. The molecule has 0 aliphatic carbocycles. The molecule has 13 heteroatoms. The van der Waals surface area contributed by atoms with Crippen LogP contribution in [0.25, 0.3) is 0 Å². The number of benzene rings is 2. The number of nitrogens with two attached hydrogens (primary N) is 1. The smallest absolute Gasteiger partial charge is 0.325 e. The van der Waals surface area contributed by atoms with E-state index in [1.54, 1.807) is 21.0 Å². The van der Waals surface area contributed by atoms with Crippen LogP contribution in [0.1, 0.15) is 22.8 Å². The first-order valence-corrected chi connectivity index (χ1v) is 11.5. The third-order valence-electron chi connectivity index (χ3n) is 5.23. The van der Waals surface area contributed by atoms with Gasteiger partial charge in [-0.15, -0.1) is 0 Å². The molecule has 2 aromatic carbocycles. The third-order valence-corrected chi connectivity index (χ3v) is 5.23. The second kappa shape index (κ2) is 12.1. The topological polar surface area (TPSA) is 151 Å². The van der Waals surface area contributed by atoms with Gasteiger partial charge in [0, 0.05) is 32.3 Å². The van der Waals surface area contributed by atoms with E-state index in [0.29, 0.717) is 0 Å². The number of rotatable bonds is 10. The van der Waals surface area contributed by atoms with Gasteiger partial charge in [0.25, 0.3) is 17.7 Å². The lowest BCUT2D eigenvalue weighted by Gasteiger charge is -2.22. The Balaban J connectivity index is 2.12. The summed E-state index contributed by atoms with van der Waals surface area (Å²) >= 11 is 0. The molecule has 3 rings (SSSR count). The number of nitrogen functional groups attached to an aromatic ring is 1. The maximum absolute atomic E-state index is 15.6.